The fourth-order valence-corrected chi connectivity index (χ4v) is 6.78. The number of allylic oxidation sites excluding steroid dienone is 1. The van der Waals surface area contributed by atoms with Crippen molar-refractivity contribution < 1.29 is 18.7 Å². The van der Waals surface area contributed by atoms with Crippen LogP contribution in [0.1, 0.15) is 36.6 Å². The molecule has 6 rings (SSSR count). The van der Waals surface area contributed by atoms with Crippen molar-refractivity contribution in [2.24, 2.45) is 4.99 Å². The van der Waals surface area contributed by atoms with Crippen LogP contribution in [-0.2, 0) is 16.1 Å². The minimum atomic E-state index is -0.701. The van der Waals surface area contributed by atoms with Gasteiger partial charge in [0.25, 0.3) is 5.56 Å². The van der Waals surface area contributed by atoms with Gasteiger partial charge in [0, 0.05) is 16.0 Å². The molecule has 9 heteroatoms. The summed E-state index contributed by atoms with van der Waals surface area (Å²) in [6, 6.07) is 25.2. The first-order valence-electron chi connectivity index (χ1n) is 14.1. The third-order valence-electron chi connectivity index (χ3n) is 7.50. The molecule has 4 aromatic carbocycles. The van der Waals surface area contributed by atoms with Crippen LogP contribution in [0.2, 0.25) is 0 Å². The topological polar surface area (TPSA) is 69.9 Å². The Morgan fingerprint density at radius 3 is 2.55 bits per heavy atom. The molecule has 44 heavy (non-hydrogen) atoms. The van der Waals surface area contributed by atoms with Crippen molar-refractivity contribution in [3.8, 4) is 5.75 Å². The SMILES string of the molecule is CCOC(=O)C1=C(C)N=c2s/c(=C\c3c(OCc4ccccc4F)ccc4ccccc34)c(=O)n2[C@@H]1c1ccc(SC)cc1. The first-order valence-corrected chi connectivity index (χ1v) is 16.1. The molecular weight excluding hydrogens is 596 g/mol. The Kier molecular flexibility index (Phi) is 8.50. The van der Waals surface area contributed by atoms with Gasteiger partial charge in [-0.15, -0.1) is 11.8 Å². The first kappa shape index (κ1) is 29.6. The third-order valence-corrected chi connectivity index (χ3v) is 9.22. The second-order valence-electron chi connectivity index (χ2n) is 10.2. The van der Waals surface area contributed by atoms with Crippen LogP contribution in [0.5, 0.6) is 5.75 Å². The van der Waals surface area contributed by atoms with E-state index in [-0.39, 0.29) is 24.6 Å². The number of thiazole rings is 1. The Morgan fingerprint density at radius 2 is 1.80 bits per heavy atom. The van der Waals surface area contributed by atoms with Gasteiger partial charge in [0.15, 0.2) is 4.80 Å². The molecule has 1 atom stereocenters. The molecule has 0 aliphatic carbocycles. The van der Waals surface area contributed by atoms with Crippen LogP contribution in [0.3, 0.4) is 0 Å². The number of carbonyl (C=O) groups excluding carboxylic acids is 1. The van der Waals surface area contributed by atoms with Crippen molar-refractivity contribution in [3.05, 3.63) is 138 Å². The quantitative estimate of drug-likeness (QED) is 0.148. The van der Waals surface area contributed by atoms with Gasteiger partial charge >= 0.3 is 5.97 Å². The molecule has 0 fully saturated rings. The highest BCUT2D eigenvalue weighted by atomic mass is 32.2. The van der Waals surface area contributed by atoms with E-state index in [0.29, 0.717) is 37.5 Å². The lowest BCUT2D eigenvalue weighted by Crippen LogP contribution is -2.39. The molecule has 0 bridgehead atoms. The van der Waals surface area contributed by atoms with Crippen LogP contribution in [0.15, 0.2) is 111 Å². The standard InChI is InChI=1S/C35H29FN2O4S2/c1-4-41-34(40)31-21(2)37-35-38(32(31)23-13-16-25(43-3)17-14-23)33(39)30(44-35)19-27-26-11-7-5-9-22(26)15-18-29(27)42-20-24-10-6-8-12-28(24)36/h5-19,32H,4,20H2,1-3H3/b30-19-/t32-/m1/s1. The van der Waals surface area contributed by atoms with Gasteiger partial charge in [-0.25, -0.2) is 14.2 Å². The molecule has 0 saturated heterocycles. The van der Waals surface area contributed by atoms with E-state index in [9.17, 15) is 14.0 Å². The lowest BCUT2D eigenvalue weighted by molar-refractivity contribution is -0.139. The van der Waals surface area contributed by atoms with E-state index in [0.717, 1.165) is 21.2 Å². The molecule has 1 aliphatic heterocycles. The zero-order valence-electron chi connectivity index (χ0n) is 24.4. The van der Waals surface area contributed by atoms with Gasteiger partial charge in [-0.3, -0.25) is 9.36 Å². The van der Waals surface area contributed by atoms with E-state index in [4.69, 9.17) is 14.5 Å². The highest BCUT2D eigenvalue weighted by molar-refractivity contribution is 7.98. The number of thioether (sulfide) groups is 1. The number of benzene rings is 4. The lowest BCUT2D eigenvalue weighted by atomic mass is 9.96. The summed E-state index contributed by atoms with van der Waals surface area (Å²) in [5.41, 5.74) is 2.48. The average molecular weight is 625 g/mol. The molecule has 1 aromatic heterocycles. The van der Waals surface area contributed by atoms with E-state index >= 15 is 0 Å². The Labute approximate surface area is 261 Å². The average Bonchev–Trinajstić information content (AvgIpc) is 3.34. The lowest BCUT2D eigenvalue weighted by Gasteiger charge is -2.24. The van der Waals surface area contributed by atoms with Crippen LogP contribution in [0.25, 0.3) is 16.8 Å². The van der Waals surface area contributed by atoms with E-state index in [1.165, 1.54) is 17.4 Å². The van der Waals surface area contributed by atoms with Gasteiger partial charge in [0.05, 0.1) is 28.5 Å². The summed E-state index contributed by atoms with van der Waals surface area (Å²) in [6.07, 6.45) is 3.80. The van der Waals surface area contributed by atoms with E-state index in [1.54, 1.807) is 54.5 Å². The maximum absolute atomic E-state index is 14.4. The monoisotopic (exact) mass is 624 g/mol. The number of nitrogens with zero attached hydrogens (tertiary/aromatic N) is 2. The zero-order chi connectivity index (χ0) is 30.8. The Balaban J connectivity index is 1.53. The van der Waals surface area contributed by atoms with Crippen LogP contribution in [0, 0.1) is 5.82 Å². The van der Waals surface area contributed by atoms with Crippen LogP contribution >= 0.6 is 23.1 Å². The van der Waals surface area contributed by atoms with Crippen LogP contribution in [-0.4, -0.2) is 23.4 Å². The Bertz CT molecular complexity index is 2100. The van der Waals surface area contributed by atoms with Crippen molar-refractivity contribution in [1.82, 2.24) is 4.57 Å². The largest absolute Gasteiger partial charge is 0.488 e. The molecule has 0 unspecified atom stereocenters. The molecule has 1 aliphatic rings. The minimum absolute atomic E-state index is 0.0290. The predicted octanol–water partition coefficient (Wildman–Crippen LogP) is 6.39. The van der Waals surface area contributed by atoms with E-state index in [1.807, 2.05) is 66.9 Å². The summed E-state index contributed by atoms with van der Waals surface area (Å²) >= 11 is 2.86. The predicted molar refractivity (Wildman–Crippen MR) is 173 cm³/mol. The van der Waals surface area contributed by atoms with Gasteiger partial charge in [-0.05, 0) is 66.8 Å². The number of hydrogen-bond acceptors (Lipinski definition) is 7. The smallest absolute Gasteiger partial charge is 0.338 e. The third kappa shape index (κ3) is 5.60. The van der Waals surface area contributed by atoms with Crippen molar-refractivity contribution in [2.45, 2.75) is 31.4 Å². The summed E-state index contributed by atoms with van der Waals surface area (Å²) in [5, 5.41) is 1.86. The molecule has 2 heterocycles. The molecule has 0 spiro atoms. The highest BCUT2D eigenvalue weighted by Gasteiger charge is 2.33. The van der Waals surface area contributed by atoms with Gasteiger partial charge in [0.2, 0.25) is 0 Å². The van der Waals surface area contributed by atoms with E-state index < -0.39 is 12.0 Å². The molecule has 0 N–H and O–H groups in total. The molecular formula is C35H29FN2O4S2. The van der Waals surface area contributed by atoms with Crippen molar-refractivity contribution in [2.75, 3.05) is 12.9 Å². The van der Waals surface area contributed by atoms with Crippen molar-refractivity contribution in [3.63, 3.8) is 0 Å². The van der Waals surface area contributed by atoms with Crippen molar-refractivity contribution in [1.29, 1.82) is 0 Å². The van der Waals surface area contributed by atoms with Crippen LogP contribution in [0.4, 0.5) is 4.39 Å². The summed E-state index contributed by atoms with van der Waals surface area (Å²) in [4.78, 5) is 33.7. The zero-order valence-corrected chi connectivity index (χ0v) is 26.0. The number of rotatable bonds is 8. The first-order chi connectivity index (χ1) is 21.4. The fraction of sp³-hybridized carbons (Fsp3) is 0.171. The number of fused-ring (bicyclic) bond motifs is 2. The number of hydrogen-bond donors (Lipinski definition) is 0. The molecule has 222 valence electrons. The normalized spacial score (nSPS) is 14.8. The number of aromatic nitrogens is 1. The molecule has 0 amide bonds. The molecule has 0 saturated carbocycles. The fourth-order valence-electron chi connectivity index (χ4n) is 5.35. The van der Waals surface area contributed by atoms with Gasteiger partial charge < -0.3 is 9.47 Å². The van der Waals surface area contributed by atoms with Gasteiger partial charge in [-0.2, -0.15) is 0 Å². The number of ether oxygens (including phenoxy) is 2. The van der Waals surface area contributed by atoms with Gasteiger partial charge in [-0.1, -0.05) is 72.0 Å². The summed E-state index contributed by atoms with van der Waals surface area (Å²) in [6.45, 7) is 3.75. The second-order valence-corrected chi connectivity index (χ2v) is 12.0. The van der Waals surface area contributed by atoms with E-state index in [2.05, 4.69) is 0 Å². The maximum Gasteiger partial charge on any atom is 0.338 e. The number of halogens is 1. The van der Waals surface area contributed by atoms with Crippen LogP contribution < -0.4 is 19.6 Å². The van der Waals surface area contributed by atoms with Crippen molar-refractivity contribution >= 4 is 45.9 Å². The minimum Gasteiger partial charge on any atom is -0.488 e. The number of carbonyl (C=O) groups is 1. The summed E-state index contributed by atoms with van der Waals surface area (Å²) in [7, 11) is 0. The van der Waals surface area contributed by atoms with Gasteiger partial charge in [0.1, 0.15) is 18.2 Å². The number of esters is 1. The molecule has 0 radical (unpaired) electrons. The summed E-state index contributed by atoms with van der Waals surface area (Å²) in [5.74, 6) is -0.327. The maximum atomic E-state index is 14.4. The Morgan fingerprint density at radius 1 is 1.05 bits per heavy atom. The molecule has 6 nitrogen and oxygen atoms in total. The summed E-state index contributed by atoms with van der Waals surface area (Å²) < 4.78 is 28.0. The Hall–Kier alpha value is -4.47. The second kappa shape index (κ2) is 12.6. The highest BCUT2D eigenvalue weighted by Crippen LogP contribution is 2.33. The molecule has 5 aromatic rings.